The molecule has 0 saturated heterocycles. The molecule has 0 fully saturated rings. The summed E-state index contributed by atoms with van der Waals surface area (Å²) in [5.41, 5.74) is 10.0. The van der Waals surface area contributed by atoms with Crippen molar-refractivity contribution in [1.29, 1.82) is 0 Å². The van der Waals surface area contributed by atoms with Crippen LogP contribution in [0.3, 0.4) is 0 Å². The van der Waals surface area contributed by atoms with Crippen LogP contribution in [0.5, 0.6) is 0 Å². The van der Waals surface area contributed by atoms with Crippen LogP contribution in [0.2, 0.25) is 0 Å². The number of hydrogen-bond donors (Lipinski definition) is 2. The van der Waals surface area contributed by atoms with Crippen LogP contribution in [-0.2, 0) is 11.0 Å². The first-order valence-corrected chi connectivity index (χ1v) is 10.9. The van der Waals surface area contributed by atoms with E-state index in [2.05, 4.69) is 9.98 Å². The van der Waals surface area contributed by atoms with Gasteiger partial charge in [0.15, 0.2) is 11.1 Å². The number of nitrogens with two attached hydrogens (primary N) is 2. The highest BCUT2D eigenvalue weighted by Gasteiger charge is 2.31. The number of nitrogens with zero attached hydrogens (tertiary/aromatic N) is 3. The predicted octanol–water partition coefficient (Wildman–Crippen LogP) is 5.64. The van der Waals surface area contributed by atoms with Gasteiger partial charge in [-0.25, -0.2) is 13.8 Å². The first-order chi connectivity index (χ1) is 16.1. The predicted molar refractivity (Wildman–Crippen MR) is 128 cm³/mol. The van der Waals surface area contributed by atoms with E-state index in [1.807, 2.05) is 0 Å². The number of rotatable bonds is 8. The smallest absolute Gasteiger partial charge is 0.370 e. The standard InChI is InChI=1S/C22H20F5N5OS.ClH/c23-14-6-9-16(17(24)11-14)18-12-34-21(31-18)32(19(33)3-1-2-10-30-20(28)29)15-7-4-13(5-8-15)22(25,26)27;/h4-9,11-12H,1-3,10H2,(H4,28,29,30);1H. The van der Waals surface area contributed by atoms with E-state index in [0.29, 0.717) is 25.5 Å². The summed E-state index contributed by atoms with van der Waals surface area (Å²) in [4.78, 5) is 22.3. The van der Waals surface area contributed by atoms with Gasteiger partial charge in [0.2, 0.25) is 5.91 Å². The van der Waals surface area contributed by atoms with Crippen molar-refractivity contribution in [2.24, 2.45) is 16.5 Å². The molecule has 6 nitrogen and oxygen atoms in total. The van der Waals surface area contributed by atoms with Gasteiger partial charge >= 0.3 is 6.18 Å². The second-order valence-electron chi connectivity index (χ2n) is 7.18. The number of benzene rings is 2. The Hall–Kier alpha value is -3.25. The van der Waals surface area contributed by atoms with Gasteiger partial charge in [0.1, 0.15) is 11.6 Å². The summed E-state index contributed by atoms with van der Waals surface area (Å²) in [6.07, 6.45) is -3.57. The van der Waals surface area contributed by atoms with Crippen molar-refractivity contribution >= 4 is 46.4 Å². The molecule has 0 aliphatic heterocycles. The fourth-order valence-electron chi connectivity index (χ4n) is 3.06. The molecule has 188 valence electrons. The average Bonchev–Trinajstić information content (AvgIpc) is 3.22. The summed E-state index contributed by atoms with van der Waals surface area (Å²) < 4.78 is 66.4. The number of halogens is 6. The van der Waals surface area contributed by atoms with Gasteiger partial charge in [0.25, 0.3) is 0 Å². The zero-order chi connectivity index (χ0) is 24.9. The van der Waals surface area contributed by atoms with Gasteiger partial charge in [0, 0.05) is 30.0 Å². The van der Waals surface area contributed by atoms with Crippen molar-refractivity contribution in [1.82, 2.24) is 4.98 Å². The molecule has 0 unspecified atom stereocenters. The highest BCUT2D eigenvalue weighted by Crippen LogP contribution is 2.36. The number of guanidine groups is 1. The van der Waals surface area contributed by atoms with E-state index in [0.717, 1.165) is 29.5 Å². The molecule has 3 aromatic rings. The summed E-state index contributed by atoms with van der Waals surface area (Å²) in [6.45, 7) is 0.321. The Morgan fingerprint density at radius 2 is 1.74 bits per heavy atom. The van der Waals surface area contributed by atoms with Crippen LogP contribution in [-0.4, -0.2) is 23.4 Å². The van der Waals surface area contributed by atoms with E-state index in [4.69, 9.17) is 11.5 Å². The van der Waals surface area contributed by atoms with Gasteiger partial charge in [-0.3, -0.25) is 14.7 Å². The molecule has 1 amide bonds. The Morgan fingerprint density at radius 3 is 2.34 bits per heavy atom. The molecule has 13 heteroatoms. The SMILES string of the molecule is Cl.NC(N)=NCCCCC(=O)N(c1ccc(C(F)(F)F)cc1)c1nc(-c2ccc(F)cc2F)cs1. The number of carbonyl (C=O) groups excluding carboxylic acids is 1. The maximum Gasteiger partial charge on any atom is 0.416 e. The Balaban J connectivity index is 0.00000432. The molecule has 0 saturated carbocycles. The summed E-state index contributed by atoms with van der Waals surface area (Å²) in [5.74, 6) is -2.08. The van der Waals surface area contributed by atoms with Gasteiger partial charge in [-0.1, -0.05) is 0 Å². The molecule has 4 N–H and O–H groups in total. The zero-order valence-electron chi connectivity index (χ0n) is 18.1. The fraction of sp³-hybridized carbons (Fsp3) is 0.227. The highest BCUT2D eigenvalue weighted by molar-refractivity contribution is 7.14. The average molecular weight is 534 g/mol. The van der Waals surface area contributed by atoms with E-state index in [-0.39, 0.29) is 46.9 Å². The number of hydrogen-bond acceptors (Lipinski definition) is 4. The number of carbonyl (C=O) groups is 1. The van der Waals surface area contributed by atoms with Gasteiger partial charge in [-0.05, 0) is 49.2 Å². The van der Waals surface area contributed by atoms with Crippen molar-refractivity contribution in [2.75, 3.05) is 11.4 Å². The molecule has 3 rings (SSSR count). The minimum Gasteiger partial charge on any atom is -0.370 e. The number of anilines is 2. The fourth-order valence-corrected chi connectivity index (χ4v) is 3.92. The molecule has 2 aromatic carbocycles. The summed E-state index contributed by atoms with van der Waals surface area (Å²) in [7, 11) is 0. The number of aromatic nitrogens is 1. The van der Waals surface area contributed by atoms with E-state index >= 15 is 0 Å². The number of thiazole rings is 1. The van der Waals surface area contributed by atoms with E-state index < -0.39 is 29.3 Å². The van der Waals surface area contributed by atoms with Crippen LogP contribution in [0.4, 0.5) is 32.8 Å². The Bertz CT molecular complexity index is 1180. The van der Waals surface area contributed by atoms with E-state index in [9.17, 15) is 26.7 Å². The lowest BCUT2D eigenvalue weighted by atomic mass is 10.1. The topological polar surface area (TPSA) is 97.6 Å². The molecule has 0 aliphatic carbocycles. The van der Waals surface area contributed by atoms with Gasteiger partial charge < -0.3 is 11.5 Å². The molecule has 0 atom stereocenters. The Morgan fingerprint density at radius 1 is 1.06 bits per heavy atom. The highest BCUT2D eigenvalue weighted by atomic mass is 35.5. The van der Waals surface area contributed by atoms with Crippen molar-refractivity contribution in [2.45, 2.75) is 25.4 Å². The normalized spacial score (nSPS) is 11.0. The van der Waals surface area contributed by atoms with E-state index in [1.54, 1.807) is 0 Å². The molecule has 0 bridgehead atoms. The Labute approximate surface area is 207 Å². The third-order valence-corrected chi connectivity index (χ3v) is 5.51. The number of amides is 1. The number of alkyl halides is 3. The number of unbranched alkanes of at least 4 members (excludes halogenated alkanes) is 1. The number of aliphatic imine (C=N–C) groups is 1. The molecule has 0 aliphatic rings. The molecular formula is C22H21ClF5N5OS. The third-order valence-electron chi connectivity index (χ3n) is 4.69. The maximum absolute atomic E-state index is 14.2. The van der Waals surface area contributed by atoms with Crippen molar-refractivity contribution < 1.29 is 26.7 Å². The minimum absolute atomic E-state index is 0. The molecular weight excluding hydrogens is 513 g/mol. The van der Waals surface area contributed by atoms with Crippen LogP contribution in [0.25, 0.3) is 11.3 Å². The largest absolute Gasteiger partial charge is 0.416 e. The second-order valence-corrected chi connectivity index (χ2v) is 8.01. The summed E-state index contributed by atoms with van der Waals surface area (Å²) in [5, 5.41) is 1.61. The zero-order valence-corrected chi connectivity index (χ0v) is 19.7. The van der Waals surface area contributed by atoms with Crippen LogP contribution >= 0.6 is 23.7 Å². The first-order valence-electron chi connectivity index (χ1n) is 10.0. The van der Waals surface area contributed by atoms with Gasteiger partial charge in [-0.15, -0.1) is 23.7 Å². The lowest BCUT2D eigenvalue weighted by molar-refractivity contribution is -0.137. The summed E-state index contributed by atoms with van der Waals surface area (Å²) >= 11 is 1.00. The summed E-state index contributed by atoms with van der Waals surface area (Å²) in [6, 6.07) is 7.07. The van der Waals surface area contributed by atoms with Crippen LogP contribution in [0.1, 0.15) is 24.8 Å². The maximum atomic E-state index is 14.2. The molecule has 1 heterocycles. The first kappa shape index (κ1) is 28.0. The lowest BCUT2D eigenvalue weighted by Gasteiger charge is -2.20. The molecule has 0 spiro atoms. The van der Waals surface area contributed by atoms with Crippen LogP contribution < -0.4 is 16.4 Å². The van der Waals surface area contributed by atoms with Crippen molar-refractivity contribution in [3.8, 4) is 11.3 Å². The molecule has 0 radical (unpaired) electrons. The van der Waals surface area contributed by atoms with Crippen LogP contribution in [0, 0.1) is 11.6 Å². The minimum atomic E-state index is -4.53. The van der Waals surface area contributed by atoms with Gasteiger partial charge in [0.05, 0.1) is 16.9 Å². The van der Waals surface area contributed by atoms with Gasteiger partial charge in [-0.2, -0.15) is 13.2 Å². The second kappa shape index (κ2) is 11.9. The molecule has 35 heavy (non-hydrogen) atoms. The van der Waals surface area contributed by atoms with Crippen LogP contribution in [0.15, 0.2) is 52.8 Å². The third kappa shape index (κ3) is 7.36. The monoisotopic (exact) mass is 533 g/mol. The molecule has 1 aromatic heterocycles. The quantitative estimate of drug-likeness (QED) is 0.169. The van der Waals surface area contributed by atoms with Crippen molar-refractivity contribution in [3.63, 3.8) is 0 Å². The van der Waals surface area contributed by atoms with Crippen molar-refractivity contribution in [3.05, 3.63) is 65.0 Å². The van der Waals surface area contributed by atoms with E-state index in [1.165, 1.54) is 28.5 Å². The lowest BCUT2D eigenvalue weighted by Crippen LogP contribution is -2.26. The Kier molecular flexibility index (Phi) is 9.55.